The van der Waals surface area contributed by atoms with Crippen LogP contribution in [-0.4, -0.2) is 48.7 Å². The van der Waals surface area contributed by atoms with Crippen LogP contribution >= 0.6 is 0 Å². The van der Waals surface area contributed by atoms with E-state index in [0.29, 0.717) is 24.2 Å². The summed E-state index contributed by atoms with van der Waals surface area (Å²) in [7, 11) is 0. The van der Waals surface area contributed by atoms with Gasteiger partial charge in [0.1, 0.15) is 11.6 Å². The Balaban J connectivity index is 1.97. The van der Waals surface area contributed by atoms with Crippen molar-refractivity contribution in [3.8, 4) is 0 Å². The van der Waals surface area contributed by atoms with E-state index < -0.39 is 12.2 Å². The minimum Gasteiger partial charge on any atom is -0.396 e. The molecule has 1 aliphatic rings. The van der Waals surface area contributed by atoms with E-state index >= 15 is 0 Å². The molecular weight excluding hydrogens is 260 g/mol. The highest BCUT2D eigenvalue weighted by Crippen LogP contribution is 2.38. The SMILES string of the molecule is Nc1nccc2c1ncn2[C@@H]1C[C@H](CCO)[C@@H](O)[C@H]1O. The van der Waals surface area contributed by atoms with Gasteiger partial charge in [-0.15, -0.1) is 0 Å². The molecule has 7 heteroatoms. The Bertz CT molecular complexity index is 615. The van der Waals surface area contributed by atoms with E-state index in [-0.39, 0.29) is 18.6 Å². The fourth-order valence-electron chi connectivity index (χ4n) is 3.07. The van der Waals surface area contributed by atoms with Crippen molar-refractivity contribution in [2.24, 2.45) is 5.92 Å². The molecule has 0 radical (unpaired) electrons. The van der Waals surface area contributed by atoms with E-state index in [1.165, 1.54) is 0 Å². The molecule has 1 aliphatic carbocycles. The predicted molar refractivity (Wildman–Crippen MR) is 72.8 cm³/mol. The standard InChI is InChI=1S/C13H18N4O3/c14-13-10-8(1-3-15-13)17(6-16-10)9-5-7(2-4-18)11(19)12(9)20/h1,3,6-7,9,11-12,18-20H,2,4-5H2,(H2,14,15)/t7-,9+,11+,12-/m0/s1. The van der Waals surface area contributed by atoms with Crippen LogP contribution in [0.5, 0.6) is 0 Å². The second-order valence-electron chi connectivity index (χ2n) is 5.27. The van der Waals surface area contributed by atoms with Gasteiger partial charge in [0.25, 0.3) is 0 Å². The summed E-state index contributed by atoms with van der Waals surface area (Å²) in [4.78, 5) is 8.21. The summed E-state index contributed by atoms with van der Waals surface area (Å²) in [6.07, 6.45) is 2.58. The first kappa shape index (κ1) is 13.3. The first-order chi connectivity index (χ1) is 9.63. The van der Waals surface area contributed by atoms with E-state index in [0.717, 1.165) is 5.52 Å². The van der Waals surface area contributed by atoms with Gasteiger partial charge in [-0.3, -0.25) is 0 Å². The van der Waals surface area contributed by atoms with Crippen molar-refractivity contribution in [3.05, 3.63) is 18.6 Å². The average Bonchev–Trinajstić information content (AvgIpc) is 2.97. The maximum atomic E-state index is 10.2. The van der Waals surface area contributed by atoms with Crippen molar-refractivity contribution in [2.75, 3.05) is 12.3 Å². The fraction of sp³-hybridized carbons (Fsp3) is 0.538. The summed E-state index contributed by atoms with van der Waals surface area (Å²) >= 11 is 0. The van der Waals surface area contributed by atoms with Crippen LogP contribution in [0.4, 0.5) is 5.82 Å². The number of nitrogens with zero attached hydrogens (tertiary/aromatic N) is 3. The lowest BCUT2D eigenvalue weighted by Crippen LogP contribution is -2.29. The molecule has 0 aliphatic heterocycles. The third-order valence-corrected chi connectivity index (χ3v) is 4.15. The van der Waals surface area contributed by atoms with Crippen molar-refractivity contribution < 1.29 is 15.3 Å². The van der Waals surface area contributed by atoms with Crippen molar-refractivity contribution >= 4 is 16.9 Å². The Morgan fingerprint density at radius 2 is 2.10 bits per heavy atom. The van der Waals surface area contributed by atoms with Crippen LogP contribution in [0.1, 0.15) is 18.9 Å². The van der Waals surface area contributed by atoms with E-state index in [1.54, 1.807) is 18.6 Å². The Morgan fingerprint density at radius 1 is 1.30 bits per heavy atom. The van der Waals surface area contributed by atoms with Gasteiger partial charge in [0.05, 0.1) is 24.0 Å². The monoisotopic (exact) mass is 278 g/mol. The average molecular weight is 278 g/mol. The van der Waals surface area contributed by atoms with Crippen molar-refractivity contribution in [1.29, 1.82) is 0 Å². The van der Waals surface area contributed by atoms with Crippen molar-refractivity contribution in [1.82, 2.24) is 14.5 Å². The number of anilines is 1. The first-order valence-electron chi connectivity index (χ1n) is 6.67. The first-order valence-corrected chi connectivity index (χ1v) is 6.67. The van der Waals surface area contributed by atoms with Crippen LogP contribution in [0.3, 0.4) is 0 Å². The minimum absolute atomic E-state index is 0.00269. The van der Waals surface area contributed by atoms with Crippen LogP contribution in [0.25, 0.3) is 11.0 Å². The predicted octanol–water partition coefficient (Wildman–Crippen LogP) is -0.321. The number of aromatic nitrogens is 3. The van der Waals surface area contributed by atoms with E-state index in [4.69, 9.17) is 10.8 Å². The van der Waals surface area contributed by atoms with Gasteiger partial charge in [-0.1, -0.05) is 0 Å². The number of rotatable bonds is 3. The Labute approximate surface area is 115 Å². The highest BCUT2D eigenvalue weighted by Gasteiger charge is 2.42. The largest absolute Gasteiger partial charge is 0.396 e. The number of fused-ring (bicyclic) bond motifs is 1. The minimum atomic E-state index is -0.877. The summed E-state index contributed by atoms with van der Waals surface area (Å²) < 4.78 is 1.83. The summed E-state index contributed by atoms with van der Waals surface area (Å²) in [5.74, 6) is 0.234. The molecule has 108 valence electrons. The highest BCUT2D eigenvalue weighted by atomic mass is 16.3. The molecule has 1 fully saturated rings. The summed E-state index contributed by atoms with van der Waals surface area (Å²) in [5.41, 5.74) is 7.16. The van der Waals surface area contributed by atoms with Crippen molar-refractivity contribution in [3.63, 3.8) is 0 Å². The Morgan fingerprint density at radius 3 is 2.85 bits per heavy atom. The number of imidazole rings is 1. The van der Waals surface area contributed by atoms with Gasteiger partial charge >= 0.3 is 0 Å². The van der Waals surface area contributed by atoms with Crippen LogP contribution in [0.15, 0.2) is 18.6 Å². The Hall–Kier alpha value is -1.70. The topological polar surface area (TPSA) is 117 Å². The van der Waals surface area contributed by atoms with Crippen LogP contribution in [0.2, 0.25) is 0 Å². The molecule has 2 aromatic rings. The second kappa shape index (κ2) is 5.01. The molecule has 7 nitrogen and oxygen atoms in total. The quantitative estimate of drug-likeness (QED) is 0.611. The molecular formula is C13H18N4O3. The molecule has 5 N–H and O–H groups in total. The molecule has 20 heavy (non-hydrogen) atoms. The van der Waals surface area contributed by atoms with Gasteiger partial charge in [-0.2, -0.15) is 0 Å². The molecule has 1 saturated carbocycles. The zero-order chi connectivity index (χ0) is 14.3. The number of pyridine rings is 1. The zero-order valence-electron chi connectivity index (χ0n) is 10.9. The maximum Gasteiger partial charge on any atom is 0.151 e. The summed E-state index contributed by atoms with van der Waals surface area (Å²) in [6.45, 7) is 0.00269. The number of hydrogen-bond donors (Lipinski definition) is 4. The smallest absolute Gasteiger partial charge is 0.151 e. The molecule has 3 rings (SSSR count). The van der Waals surface area contributed by atoms with Crippen LogP contribution < -0.4 is 5.73 Å². The number of nitrogens with two attached hydrogens (primary N) is 1. The number of aliphatic hydroxyl groups excluding tert-OH is 3. The Kier molecular flexibility index (Phi) is 3.33. The molecule has 0 spiro atoms. The van der Waals surface area contributed by atoms with Crippen LogP contribution in [-0.2, 0) is 0 Å². The number of aliphatic hydroxyl groups is 3. The third-order valence-electron chi connectivity index (χ3n) is 4.15. The summed E-state index contributed by atoms with van der Waals surface area (Å²) in [5, 5.41) is 29.3. The lowest BCUT2D eigenvalue weighted by atomic mass is 10.0. The van der Waals surface area contributed by atoms with E-state index in [1.807, 2.05) is 4.57 Å². The highest BCUT2D eigenvalue weighted by molar-refractivity contribution is 5.84. The van der Waals surface area contributed by atoms with Crippen molar-refractivity contribution in [2.45, 2.75) is 31.1 Å². The van der Waals surface area contributed by atoms with E-state index in [9.17, 15) is 10.2 Å². The molecule has 2 aromatic heterocycles. The number of nitrogen functional groups attached to an aromatic ring is 1. The molecule has 4 atom stereocenters. The zero-order valence-corrected chi connectivity index (χ0v) is 10.9. The molecule has 0 aromatic carbocycles. The van der Waals surface area contributed by atoms with Gasteiger partial charge in [0.2, 0.25) is 0 Å². The molecule has 0 saturated heterocycles. The number of hydrogen-bond acceptors (Lipinski definition) is 6. The lowest BCUT2D eigenvalue weighted by Gasteiger charge is -2.18. The van der Waals surface area contributed by atoms with E-state index in [2.05, 4.69) is 9.97 Å². The van der Waals surface area contributed by atoms with Gasteiger partial charge in [-0.25, -0.2) is 9.97 Å². The van der Waals surface area contributed by atoms with Crippen LogP contribution in [0, 0.1) is 5.92 Å². The second-order valence-corrected chi connectivity index (χ2v) is 5.27. The fourth-order valence-corrected chi connectivity index (χ4v) is 3.07. The molecule has 0 amide bonds. The molecule has 0 unspecified atom stereocenters. The lowest BCUT2D eigenvalue weighted by molar-refractivity contribution is 0.00281. The normalized spacial score (nSPS) is 30.1. The van der Waals surface area contributed by atoms with Gasteiger partial charge < -0.3 is 25.6 Å². The van der Waals surface area contributed by atoms with Gasteiger partial charge in [-0.05, 0) is 24.8 Å². The molecule has 0 bridgehead atoms. The maximum absolute atomic E-state index is 10.2. The third kappa shape index (κ3) is 1.94. The van der Waals surface area contributed by atoms with Gasteiger partial charge in [0.15, 0.2) is 5.82 Å². The molecule has 2 heterocycles. The van der Waals surface area contributed by atoms with Gasteiger partial charge in [0, 0.05) is 12.8 Å². The summed E-state index contributed by atoms with van der Waals surface area (Å²) in [6, 6.07) is 1.52.